The molecule has 4 rings (SSSR count). The van der Waals surface area contributed by atoms with E-state index in [2.05, 4.69) is 10.6 Å². The number of anilines is 1. The number of carbonyl (C=O) groups excluding carboxylic acids is 2. The summed E-state index contributed by atoms with van der Waals surface area (Å²) in [6.07, 6.45) is 14.7. The van der Waals surface area contributed by atoms with E-state index >= 15 is 0 Å². The minimum Gasteiger partial charge on any atom is -0.356 e. The Balaban J connectivity index is 1.60. The topological polar surface area (TPSA) is 282 Å². The van der Waals surface area contributed by atoms with Gasteiger partial charge >= 0.3 is 0 Å². The Morgan fingerprint density at radius 3 is 1.90 bits per heavy atom. The summed E-state index contributed by atoms with van der Waals surface area (Å²) in [5.74, 6) is -1.04. The predicted molar refractivity (Wildman–Crippen MR) is 261 cm³/mol. The molecule has 2 aliphatic heterocycles. The Bertz CT molecular complexity index is 2750. The maximum Gasteiger partial charge on any atom is 0.294 e. The normalized spacial score (nSPS) is 18.0. The molecule has 2 amide bonds. The lowest BCUT2D eigenvalue weighted by molar-refractivity contribution is -0.437. The molecule has 2 aromatic rings. The van der Waals surface area contributed by atoms with Gasteiger partial charge in [0.25, 0.3) is 40.5 Å². The van der Waals surface area contributed by atoms with Crippen LogP contribution in [-0.2, 0) is 60.9 Å². The number of hydrogen-bond acceptors (Lipinski definition) is 11. The van der Waals surface area contributed by atoms with Crippen molar-refractivity contribution in [1.82, 2.24) is 10.6 Å². The molecular formula is C46H67N4O14S4+. The molecule has 0 aromatic heterocycles. The van der Waals surface area contributed by atoms with Crippen LogP contribution in [0.2, 0.25) is 0 Å². The van der Waals surface area contributed by atoms with E-state index in [-0.39, 0.29) is 47.0 Å². The van der Waals surface area contributed by atoms with E-state index in [4.69, 9.17) is 0 Å². The van der Waals surface area contributed by atoms with E-state index in [1.54, 1.807) is 30.4 Å². The van der Waals surface area contributed by atoms with E-state index in [0.717, 1.165) is 25.0 Å². The van der Waals surface area contributed by atoms with Crippen LogP contribution in [-0.4, -0.2) is 111 Å². The molecule has 6 N–H and O–H groups in total. The number of rotatable bonds is 27. The van der Waals surface area contributed by atoms with Crippen LogP contribution in [0.25, 0.3) is 0 Å². The van der Waals surface area contributed by atoms with Gasteiger partial charge in [0.2, 0.25) is 17.5 Å². The van der Waals surface area contributed by atoms with Gasteiger partial charge in [-0.05, 0) is 115 Å². The van der Waals surface area contributed by atoms with Crippen molar-refractivity contribution in [1.29, 1.82) is 0 Å². The van der Waals surface area contributed by atoms with E-state index < -0.39 is 62.8 Å². The monoisotopic (exact) mass is 1030 g/mol. The SMILES string of the molecule is CC(C)NC(=O)CCCCCNC(=O)CCCCCN1\C(=C/C=C/C=C/C2=[N+](CCCS(=O)(=O)O)c3ccc(S(=O)(=O)O)cc3C2(C)C)C(C)(CCCCS(=O)(=O)O)c2cc(S(=O)(=O)O)ccc21. The summed E-state index contributed by atoms with van der Waals surface area (Å²) in [7, 11) is -17.7. The van der Waals surface area contributed by atoms with E-state index in [1.165, 1.54) is 30.3 Å². The number of benzene rings is 2. The summed E-state index contributed by atoms with van der Waals surface area (Å²) in [5.41, 5.74) is 2.07. The summed E-state index contributed by atoms with van der Waals surface area (Å²) in [6.45, 7) is 10.5. The first kappa shape index (κ1) is 56.3. The highest BCUT2D eigenvalue weighted by Gasteiger charge is 2.45. The summed E-state index contributed by atoms with van der Waals surface area (Å²) in [5, 5.41) is 5.80. The van der Waals surface area contributed by atoms with Crippen LogP contribution in [0.5, 0.6) is 0 Å². The number of carbonyl (C=O) groups is 2. The average molecular weight is 1030 g/mol. The molecule has 22 heteroatoms. The fraction of sp³-hybridized carbons (Fsp3) is 0.543. The van der Waals surface area contributed by atoms with Gasteiger partial charge < -0.3 is 15.5 Å². The third-order valence-electron chi connectivity index (χ3n) is 12.1. The highest BCUT2D eigenvalue weighted by molar-refractivity contribution is 7.86. The zero-order chi connectivity index (χ0) is 50.7. The molecule has 1 atom stereocenters. The van der Waals surface area contributed by atoms with Crippen molar-refractivity contribution >= 4 is 69.4 Å². The number of unbranched alkanes of at least 4 members (excludes halogenated alkanes) is 5. The highest BCUT2D eigenvalue weighted by atomic mass is 32.2. The first-order valence-electron chi connectivity index (χ1n) is 22.7. The van der Waals surface area contributed by atoms with Crippen molar-refractivity contribution in [2.24, 2.45) is 0 Å². The molecule has 2 aliphatic rings. The van der Waals surface area contributed by atoms with Crippen LogP contribution in [0.4, 0.5) is 11.4 Å². The number of fused-ring (bicyclic) bond motifs is 2. The molecular weight excluding hydrogens is 961 g/mol. The van der Waals surface area contributed by atoms with E-state index in [1.807, 2.05) is 50.2 Å². The maximum atomic E-state index is 12.6. The number of nitrogens with zero attached hydrogens (tertiary/aromatic N) is 2. The van der Waals surface area contributed by atoms with Gasteiger partial charge in [-0.1, -0.05) is 37.5 Å². The Kier molecular flexibility index (Phi) is 19.5. The van der Waals surface area contributed by atoms with E-state index in [9.17, 15) is 61.5 Å². The standard InChI is InChI=1S/C46H66N4O14S4/c1-34(2)48-44(52)21-11-7-14-27-47-43(51)20-12-8-15-28-50-40-25-23-36(68(62,63)64)33-38(40)46(5,26-13-16-30-65(53,54)55)42(50)19-10-6-9-18-41-45(3,4)37-32-35(67(59,60)61)22-24-39(37)49(41)29-17-31-66(56,57)58/h6,9-10,18-19,22-25,32-34H,7-8,11-17,20-21,26-31H2,1-5H3,(H5-,47,48,51,52,53,54,55,56,57,58,59,60,61,62,63,64)/p+1. The predicted octanol–water partition coefficient (Wildman–Crippen LogP) is 6.43. The summed E-state index contributed by atoms with van der Waals surface area (Å²) < 4.78 is 136. The Morgan fingerprint density at radius 1 is 0.691 bits per heavy atom. The number of nitrogens with one attached hydrogen (secondary N) is 2. The number of allylic oxidation sites excluding steroid dienone is 6. The third kappa shape index (κ3) is 16.1. The van der Waals surface area contributed by atoms with Crippen molar-refractivity contribution in [3.05, 3.63) is 83.6 Å². The average Bonchev–Trinajstić information content (AvgIpc) is 3.57. The smallest absolute Gasteiger partial charge is 0.294 e. The highest BCUT2D eigenvalue weighted by Crippen LogP contribution is 2.51. The zero-order valence-electron chi connectivity index (χ0n) is 39.3. The Hall–Kier alpha value is -4.29. The van der Waals surface area contributed by atoms with Gasteiger partial charge in [0.1, 0.15) is 6.54 Å². The van der Waals surface area contributed by atoms with Crippen LogP contribution >= 0.6 is 0 Å². The lowest BCUT2D eigenvalue weighted by Gasteiger charge is -2.30. The van der Waals surface area contributed by atoms with Gasteiger partial charge in [-0.2, -0.15) is 38.2 Å². The molecule has 1 unspecified atom stereocenters. The third-order valence-corrected chi connectivity index (χ3v) is 15.5. The lowest BCUT2D eigenvalue weighted by Crippen LogP contribution is -2.29. The van der Waals surface area contributed by atoms with Crippen LogP contribution < -0.4 is 15.5 Å². The molecule has 378 valence electrons. The first-order chi connectivity index (χ1) is 31.5. The summed E-state index contributed by atoms with van der Waals surface area (Å²) in [6, 6.07) is 8.58. The van der Waals surface area contributed by atoms with Crippen LogP contribution in [0.1, 0.15) is 123 Å². The maximum absolute atomic E-state index is 12.6. The van der Waals surface area contributed by atoms with Gasteiger partial charge in [0.05, 0.1) is 26.7 Å². The molecule has 18 nitrogen and oxygen atoms in total. The molecule has 0 spiro atoms. The number of amides is 2. The van der Waals surface area contributed by atoms with Crippen LogP contribution in [0, 0.1) is 0 Å². The van der Waals surface area contributed by atoms with Gasteiger partial charge in [-0.25, -0.2) is 0 Å². The van der Waals surface area contributed by atoms with E-state index in [0.29, 0.717) is 86.2 Å². The zero-order valence-corrected chi connectivity index (χ0v) is 42.6. The van der Waals surface area contributed by atoms with Crippen molar-refractivity contribution < 1.29 is 66.0 Å². The van der Waals surface area contributed by atoms with Crippen LogP contribution in [0.15, 0.2) is 82.3 Å². The van der Waals surface area contributed by atoms with Gasteiger partial charge in [0, 0.05) is 72.9 Å². The Labute approximate surface area is 402 Å². The Morgan fingerprint density at radius 2 is 1.28 bits per heavy atom. The molecule has 0 saturated heterocycles. The second-order valence-electron chi connectivity index (χ2n) is 18.3. The van der Waals surface area contributed by atoms with Gasteiger partial charge in [-0.15, -0.1) is 0 Å². The molecule has 0 aliphatic carbocycles. The molecule has 68 heavy (non-hydrogen) atoms. The van der Waals surface area contributed by atoms with Crippen molar-refractivity contribution in [3.63, 3.8) is 0 Å². The fourth-order valence-corrected chi connectivity index (χ4v) is 10.9. The molecule has 0 bridgehead atoms. The summed E-state index contributed by atoms with van der Waals surface area (Å²) >= 11 is 0. The minimum absolute atomic E-state index is 0.0130. The van der Waals surface area contributed by atoms with Crippen molar-refractivity contribution in [3.8, 4) is 0 Å². The molecule has 0 fully saturated rings. The quantitative estimate of drug-likeness (QED) is 0.0243. The molecule has 2 heterocycles. The lowest BCUT2D eigenvalue weighted by atomic mass is 9.77. The van der Waals surface area contributed by atoms with Crippen molar-refractivity contribution in [2.45, 2.75) is 138 Å². The van der Waals surface area contributed by atoms with Crippen molar-refractivity contribution in [2.75, 3.05) is 36.0 Å². The molecule has 0 radical (unpaired) electrons. The number of hydrogen-bond donors (Lipinski definition) is 6. The second-order valence-corrected chi connectivity index (χ2v) is 24.3. The summed E-state index contributed by atoms with van der Waals surface area (Å²) in [4.78, 5) is 25.9. The first-order valence-corrected chi connectivity index (χ1v) is 28.8. The second kappa shape index (κ2) is 23.5. The fourth-order valence-electron chi connectivity index (χ4n) is 8.81. The largest absolute Gasteiger partial charge is 0.356 e. The van der Waals surface area contributed by atoms with Gasteiger partial charge in [-0.3, -0.25) is 27.8 Å². The van der Waals surface area contributed by atoms with Crippen LogP contribution in [0.3, 0.4) is 0 Å². The van der Waals surface area contributed by atoms with Gasteiger partial charge in [0.15, 0.2) is 5.71 Å². The molecule has 0 saturated carbocycles. The minimum atomic E-state index is -4.61. The molecule has 2 aromatic carbocycles.